The highest BCUT2D eigenvalue weighted by Crippen LogP contribution is 2.34. The van der Waals surface area contributed by atoms with Crippen LogP contribution < -0.4 is 11.1 Å². The minimum atomic E-state index is -0.740. The summed E-state index contributed by atoms with van der Waals surface area (Å²) in [5, 5.41) is 6.83. The van der Waals surface area contributed by atoms with Gasteiger partial charge in [0.25, 0.3) is 5.91 Å². The molecule has 0 radical (unpaired) electrons. The van der Waals surface area contributed by atoms with E-state index in [0.717, 1.165) is 30.4 Å². The average molecular weight is 392 g/mol. The lowest BCUT2D eigenvalue weighted by atomic mass is 9.82. The minimum Gasteiger partial charge on any atom is -0.337 e. The first-order valence-electron chi connectivity index (χ1n) is 8.87. The molecule has 1 aromatic heterocycles. The van der Waals surface area contributed by atoms with Gasteiger partial charge < -0.3 is 15.6 Å². The summed E-state index contributed by atoms with van der Waals surface area (Å²) in [6.07, 6.45) is 4.38. The minimum absolute atomic E-state index is 0. The number of carbonyl (C=O) groups excluding carboxylic acids is 2. The molecule has 27 heavy (non-hydrogen) atoms. The first-order chi connectivity index (χ1) is 12.6. The van der Waals surface area contributed by atoms with Crippen molar-refractivity contribution in [1.29, 1.82) is 0 Å². The van der Waals surface area contributed by atoms with Crippen molar-refractivity contribution in [1.82, 2.24) is 20.4 Å². The Morgan fingerprint density at radius 2 is 1.85 bits per heavy atom. The van der Waals surface area contributed by atoms with Crippen molar-refractivity contribution >= 4 is 24.3 Å². The van der Waals surface area contributed by atoms with Crippen LogP contribution in [0, 0.1) is 0 Å². The van der Waals surface area contributed by atoms with Gasteiger partial charge in [0.05, 0.1) is 0 Å². The van der Waals surface area contributed by atoms with Crippen LogP contribution in [0.25, 0.3) is 11.4 Å². The summed E-state index contributed by atoms with van der Waals surface area (Å²) in [7, 11) is 0. The predicted octanol–water partition coefficient (Wildman–Crippen LogP) is 2.37. The van der Waals surface area contributed by atoms with E-state index in [2.05, 4.69) is 15.5 Å². The monoisotopic (exact) mass is 391 g/mol. The normalized spacial score (nSPS) is 18.5. The first-order valence-corrected chi connectivity index (χ1v) is 8.87. The lowest BCUT2D eigenvalue weighted by Crippen LogP contribution is -2.48. The molecule has 1 aliphatic carbocycles. The lowest BCUT2D eigenvalue weighted by molar-refractivity contribution is -0.133. The lowest BCUT2D eigenvalue weighted by Gasteiger charge is -2.30. The molecule has 9 heteroatoms. The van der Waals surface area contributed by atoms with Gasteiger partial charge >= 0.3 is 6.03 Å². The molecular formula is C18H22ClN5O3. The van der Waals surface area contributed by atoms with E-state index in [-0.39, 0.29) is 36.8 Å². The van der Waals surface area contributed by atoms with Crippen LogP contribution in [-0.2, 0) is 17.9 Å². The Balaban J connectivity index is 0.00000210. The molecule has 2 heterocycles. The Bertz CT molecular complexity index is 830. The molecule has 1 aromatic carbocycles. The molecule has 2 fully saturated rings. The van der Waals surface area contributed by atoms with Crippen LogP contribution in [0.2, 0.25) is 0 Å². The summed E-state index contributed by atoms with van der Waals surface area (Å²) in [4.78, 5) is 30.6. The molecule has 0 unspecified atom stereocenters. The number of urea groups is 1. The smallest absolute Gasteiger partial charge is 0.325 e. The number of benzene rings is 1. The number of halogens is 1. The Hall–Kier alpha value is -2.45. The van der Waals surface area contributed by atoms with Crippen LogP contribution in [-0.4, -0.2) is 32.5 Å². The molecule has 4 rings (SSSR count). The summed E-state index contributed by atoms with van der Waals surface area (Å²) in [5.74, 6) is 0.469. The zero-order chi connectivity index (χ0) is 18.1. The number of nitrogens with zero attached hydrogens (tertiary/aromatic N) is 3. The fourth-order valence-electron chi connectivity index (χ4n) is 3.68. The maximum Gasteiger partial charge on any atom is 0.325 e. The Kier molecular flexibility index (Phi) is 5.48. The second kappa shape index (κ2) is 7.66. The molecule has 1 aliphatic heterocycles. The van der Waals surface area contributed by atoms with Gasteiger partial charge in [0.15, 0.2) is 0 Å². The van der Waals surface area contributed by atoms with Crippen LogP contribution in [0.5, 0.6) is 0 Å². The molecule has 2 aliphatic rings. The molecule has 8 nitrogen and oxygen atoms in total. The fraction of sp³-hybridized carbons (Fsp3) is 0.444. The number of imide groups is 1. The summed E-state index contributed by atoms with van der Waals surface area (Å²) < 4.78 is 5.25. The number of rotatable bonds is 4. The number of aromatic nitrogens is 2. The molecular weight excluding hydrogens is 370 g/mol. The highest BCUT2D eigenvalue weighted by atomic mass is 35.5. The van der Waals surface area contributed by atoms with E-state index in [1.165, 1.54) is 4.90 Å². The summed E-state index contributed by atoms with van der Waals surface area (Å²) in [6.45, 7) is 0.450. The summed E-state index contributed by atoms with van der Waals surface area (Å²) in [6, 6.07) is 7.14. The second-order valence-electron chi connectivity index (χ2n) is 6.88. The Morgan fingerprint density at radius 1 is 1.15 bits per heavy atom. The van der Waals surface area contributed by atoms with Crippen LogP contribution in [0.3, 0.4) is 0 Å². The maximum absolute atomic E-state index is 12.8. The molecule has 1 saturated heterocycles. The van der Waals surface area contributed by atoms with Crippen LogP contribution in [0.15, 0.2) is 28.8 Å². The maximum atomic E-state index is 12.8. The second-order valence-corrected chi connectivity index (χ2v) is 6.88. The number of amides is 3. The van der Waals surface area contributed by atoms with Gasteiger partial charge in [-0.25, -0.2) is 4.79 Å². The molecule has 3 amide bonds. The summed E-state index contributed by atoms with van der Waals surface area (Å²) >= 11 is 0. The van der Waals surface area contributed by atoms with Crippen molar-refractivity contribution in [3.05, 3.63) is 35.7 Å². The van der Waals surface area contributed by atoms with E-state index in [1.54, 1.807) is 0 Å². The van der Waals surface area contributed by atoms with Gasteiger partial charge in [0, 0.05) is 12.1 Å². The first kappa shape index (κ1) is 19.3. The number of carbonyl (C=O) groups is 2. The van der Waals surface area contributed by atoms with Crippen LogP contribution >= 0.6 is 12.4 Å². The number of hydrogen-bond donors (Lipinski definition) is 2. The van der Waals surface area contributed by atoms with Crippen molar-refractivity contribution in [2.45, 2.75) is 50.7 Å². The molecule has 0 atom stereocenters. The van der Waals surface area contributed by atoms with E-state index < -0.39 is 5.54 Å². The third-order valence-corrected chi connectivity index (χ3v) is 5.16. The largest absolute Gasteiger partial charge is 0.337 e. The topological polar surface area (TPSA) is 114 Å². The van der Waals surface area contributed by atoms with Gasteiger partial charge in [0.2, 0.25) is 11.7 Å². The molecule has 2 aromatic rings. The Morgan fingerprint density at radius 3 is 2.52 bits per heavy atom. The van der Waals surface area contributed by atoms with Gasteiger partial charge in [-0.3, -0.25) is 9.69 Å². The quantitative estimate of drug-likeness (QED) is 0.773. The Labute approximate surface area is 162 Å². The predicted molar refractivity (Wildman–Crippen MR) is 99.8 cm³/mol. The van der Waals surface area contributed by atoms with Gasteiger partial charge in [-0.05, 0) is 18.4 Å². The molecule has 0 bridgehead atoms. The van der Waals surface area contributed by atoms with Crippen molar-refractivity contribution in [3.63, 3.8) is 0 Å². The van der Waals surface area contributed by atoms with Crippen LogP contribution in [0.1, 0.15) is 43.6 Å². The number of nitrogens with one attached hydrogen (secondary N) is 1. The van der Waals surface area contributed by atoms with Crippen molar-refractivity contribution in [2.75, 3.05) is 0 Å². The fourth-order valence-corrected chi connectivity index (χ4v) is 3.68. The third kappa shape index (κ3) is 3.54. The van der Waals surface area contributed by atoms with Gasteiger partial charge in [0.1, 0.15) is 12.1 Å². The zero-order valence-corrected chi connectivity index (χ0v) is 15.6. The molecule has 1 saturated carbocycles. The van der Waals surface area contributed by atoms with Crippen LogP contribution in [0.4, 0.5) is 4.79 Å². The number of nitrogens with two attached hydrogens (primary N) is 1. The third-order valence-electron chi connectivity index (χ3n) is 5.16. The average Bonchev–Trinajstić information content (AvgIpc) is 3.22. The van der Waals surface area contributed by atoms with E-state index >= 15 is 0 Å². The highest BCUT2D eigenvalue weighted by Gasteiger charge is 2.51. The zero-order valence-electron chi connectivity index (χ0n) is 14.8. The van der Waals surface area contributed by atoms with Gasteiger partial charge in [-0.2, -0.15) is 4.98 Å². The van der Waals surface area contributed by atoms with E-state index in [4.69, 9.17) is 10.3 Å². The van der Waals surface area contributed by atoms with E-state index in [1.807, 2.05) is 24.3 Å². The standard InChI is InChI=1S/C18H21N5O3.ClH/c19-10-12-4-6-13(7-5-12)15-20-14(26-22-15)11-23-16(24)18(21-17(23)25)8-2-1-3-9-18;/h4-7H,1-3,8-11,19H2,(H,21,25);1H. The number of hydrogen-bond acceptors (Lipinski definition) is 6. The van der Waals surface area contributed by atoms with Gasteiger partial charge in [-0.15, -0.1) is 12.4 Å². The van der Waals surface area contributed by atoms with Gasteiger partial charge in [-0.1, -0.05) is 48.7 Å². The van der Waals surface area contributed by atoms with Crippen molar-refractivity contribution < 1.29 is 14.1 Å². The van der Waals surface area contributed by atoms with Crippen molar-refractivity contribution in [2.24, 2.45) is 5.73 Å². The SMILES string of the molecule is Cl.NCc1ccc(-c2noc(CN3C(=O)NC4(CCCCC4)C3=O)n2)cc1. The van der Waals surface area contributed by atoms with Crippen molar-refractivity contribution in [3.8, 4) is 11.4 Å². The van der Waals surface area contributed by atoms with E-state index in [9.17, 15) is 9.59 Å². The highest BCUT2D eigenvalue weighted by molar-refractivity contribution is 6.06. The molecule has 1 spiro atoms. The van der Waals surface area contributed by atoms with E-state index in [0.29, 0.717) is 25.2 Å². The molecule has 3 N–H and O–H groups in total. The summed E-state index contributed by atoms with van der Waals surface area (Å²) in [5.41, 5.74) is 6.65. The molecule has 144 valence electrons.